The minimum Gasteiger partial charge on any atom is -0.454 e. The second-order valence-electron chi connectivity index (χ2n) is 6.10. The average molecular weight is 397 g/mol. The van der Waals surface area contributed by atoms with E-state index in [2.05, 4.69) is 15.6 Å². The number of nitrogens with one attached hydrogen (secondary N) is 2. The lowest BCUT2D eigenvalue weighted by molar-refractivity contribution is 0.102. The van der Waals surface area contributed by atoms with E-state index in [1.54, 1.807) is 23.6 Å². The van der Waals surface area contributed by atoms with Gasteiger partial charge in [-0.05, 0) is 29.8 Å². The van der Waals surface area contributed by atoms with E-state index in [0.29, 0.717) is 34.6 Å². The highest BCUT2D eigenvalue weighted by Gasteiger charge is 2.16. The van der Waals surface area contributed by atoms with Crippen molar-refractivity contribution in [2.45, 2.75) is 6.54 Å². The summed E-state index contributed by atoms with van der Waals surface area (Å²) in [4.78, 5) is 16.8. The van der Waals surface area contributed by atoms with Gasteiger partial charge in [-0.3, -0.25) is 4.79 Å². The first-order valence-electron chi connectivity index (χ1n) is 8.53. The van der Waals surface area contributed by atoms with Gasteiger partial charge in [0.2, 0.25) is 13.6 Å². The van der Waals surface area contributed by atoms with Crippen molar-refractivity contribution in [2.24, 2.45) is 0 Å². The maximum absolute atomic E-state index is 12.4. The number of ether oxygens (including phenoxy) is 4. The van der Waals surface area contributed by atoms with Gasteiger partial charge in [-0.2, -0.15) is 0 Å². The molecule has 0 fully saturated rings. The second-order valence-corrected chi connectivity index (χ2v) is 6.96. The first-order valence-corrected chi connectivity index (χ1v) is 9.41. The molecule has 3 heterocycles. The Morgan fingerprint density at radius 2 is 1.68 bits per heavy atom. The molecule has 2 aliphatic heterocycles. The van der Waals surface area contributed by atoms with Gasteiger partial charge in [0.05, 0.1) is 0 Å². The highest BCUT2D eigenvalue weighted by atomic mass is 32.1. The van der Waals surface area contributed by atoms with Gasteiger partial charge in [-0.15, -0.1) is 11.3 Å². The van der Waals surface area contributed by atoms with Crippen LogP contribution in [0.3, 0.4) is 0 Å². The van der Waals surface area contributed by atoms with Crippen LogP contribution in [0, 0.1) is 0 Å². The molecule has 0 saturated heterocycles. The van der Waals surface area contributed by atoms with Gasteiger partial charge in [0.1, 0.15) is 5.69 Å². The Morgan fingerprint density at radius 1 is 0.964 bits per heavy atom. The number of thiazole rings is 1. The number of hydrogen-bond acceptors (Lipinski definition) is 8. The molecule has 0 atom stereocenters. The maximum Gasteiger partial charge on any atom is 0.275 e. The average Bonchev–Trinajstić information content (AvgIpc) is 3.45. The predicted octanol–water partition coefficient (Wildman–Crippen LogP) is 3.46. The van der Waals surface area contributed by atoms with Gasteiger partial charge in [0.15, 0.2) is 28.1 Å². The fourth-order valence-electron chi connectivity index (χ4n) is 2.86. The number of carbonyl (C=O) groups is 1. The van der Waals surface area contributed by atoms with Gasteiger partial charge < -0.3 is 29.6 Å². The van der Waals surface area contributed by atoms with Crippen LogP contribution in [0.4, 0.5) is 10.8 Å². The molecule has 0 spiro atoms. The van der Waals surface area contributed by atoms with Crippen molar-refractivity contribution in [1.29, 1.82) is 0 Å². The minimum atomic E-state index is -0.286. The number of carbonyl (C=O) groups excluding carboxylic acids is 1. The molecule has 2 N–H and O–H groups in total. The zero-order chi connectivity index (χ0) is 18.9. The molecule has 2 aliphatic rings. The number of aromatic nitrogens is 1. The predicted molar refractivity (Wildman–Crippen MR) is 103 cm³/mol. The van der Waals surface area contributed by atoms with Crippen molar-refractivity contribution in [3.63, 3.8) is 0 Å². The highest BCUT2D eigenvalue weighted by Crippen LogP contribution is 2.34. The van der Waals surface area contributed by atoms with Crippen molar-refractivity contribution in [3.8, 4) is 23.0 Å². The molecule has 3 aromatic rings. The summed E-state index contributed by atoms with van der Waals surface area (Å²) in [5, 5.41) is 8.41. The van der Waals surface area contributed by atoms with Crippen LogP contribution in [-0.2, 0) is 6.54 Å². The first kappa shape index (κ1) is 16.7. The molecule has 8 nitrogen and oxygen atoms in total. The molecule has 1 amide bonds. The van der Waals surface area contributed by atoms with Crippen molar-refractivity contribution in [3.05, 3.63) is 53.0 Å². The Bertz CT molecular complexity index is 1050. The smallest absolute Gasteiger partial charge is 0.275 e. The van der Waals surface area contributed by atoms with E-state index in [1.807, 2.05) is 18.2 Å². The van der Waals surface area contributed by atoms with E-state index in [0.717, 1.165) is 17.1 Å². The third kappa shape index (κ3) is 3.27. The van der Waals surface area contributed by atoms with E-state index in [4.69, 9.17) is 18.9 Å². The summed E-state index contributed by atoms with van der Waals surface area (Å²) < 4.78 is 21.3. The zero-order valence-corrected chi connectivity index (χ0v) is 15.4. The largest absolute Gasteiger partial charge is 0.454 e. The fraction of sp³-hybridized carbons (Fsp3) is 0.158. The van der Waals surface area contributed by atoms with E-state index in [1.165, 1.54) is 11.3 Å². The SMILES string of the molecule is O=C(Nc1ccc2c(c1)OCO2)c1csc(NCc2ccc3c(c2)OCO3)n1. The standard InChI is InChI=1S/C19H15N3O5S/c23-18(21-12-2-4-15-17(6-12)27-10-25-15)13-8-28-19(22-13)20-7-11-1-3-14-16(5-11)26-9-24-14/h1-6,8H,7,9-10H2,(H,20,22)(H,21,23). The Kier molecular flexibility index (Phi) is 4.13. The molecular weight excluding hydrogens is 382 g/mol. The van der Waals surface area contributed by atoms with Crippen LogP contribution in [0.1, 0.15) is 16.1 Å². The monoisotopic (exact) mass is 397 g/mol. The third-order valence-corrected chi connectivity index (χ3v) is 5.05. The number of hydrogen-bond donors (Lipinski definition) is 2. The summed E-state index contributed by atoms with van der Waals surface area (Å²) in [7, 11) is 0. The van der Waals surface area contributed by atoms with Crippen LogP contribution in [0.15, 0.2) is 41.8 Å². The lowest BCUT2D eigenvalue weighted by Gasteiger charge is -2.05. The van der Waals surface area contributed by atoms with E-state index in [9.17, 15) is 4.79 Å². The number of benzene rings is 2. The topological polar surface area (TPSA) is 90.9 Å². The van der Waals surface area contributed by atoms with Crippen LogP contribution < -0.4 is 29.6 Å². The molecule has 1 aromatic heterocycles. The van der Waals surface area contributed by atoms with Gasteiger partial charge in [0, 0.05) is 23.7 Å². The Morgan fingerprint density at radius 3 is 2.50 bits per heavy atom. The van der Waals surface area contributed by atoms with Crippen molar-refractivity contribution in [2.75, 3.05) is 24.2 Å². The van der Waals surface area contributed by atoms with E-state index in [-0.39, 0.29) is 19.5 Å². The zero-order valence-electron chi connectivity index (χ0n) is 14.6. The lowest BCUT2D eigenvalue weighted by Crippen LogP contribution is -2.12. The van der Waals surface area contributed by atoms with Crippen molar-refractivity contribution >= 4 is 28.1 Å². The summed E-state index contributed by atoms with van der Waals surface area (Å²) in [6.45, 7) is 1.01. The quantitative estimate of drug-likeness (QED) is 0.681. The second kappa shape index (κ2) is 6.93. The molecule has 2 aromatic carbocycles. The summed E-state index contributed by atoms with van der Waals surface area (Å²) >= 11 is 1.37. The maximum atomic E-state index is 12.4. The Balaban J connectivity index is 1.21. The molecule has 28 heavy (non-hydrogen) atoms. The normalized spacial score (nSPS) is 13.4. The molecule has 0 radical (unpaired) electrons. The molecule has 5 rings (SSSR count). The first-order chi connectivity index (χ1) is 13.7. The summed E-state index contributed by atoms with van der Waals surface area (Å²) in [5.74, 6) is 2.48. The van der Waals surface area contributed by atoms with Gasteiger partial charge >= 0.3 is 0 Å². The number of amides is 1. The summed E-state index contributed by atoms with van der Waals surface area (Å²) in [6.07, 6.45) is 0. The van der Waals surface area contributed by atoms with Crippen LogP contribution in [0.25, 0.3) is 0 Å². The summed E-state index contributed by atoms with van der Waals surface area (Å²) in [5.41, 5.74) is 2.00. The molecule has 142 valence electrons. The number of fused-ring (bicyclic) bond motifs is 2. The molecular formula is C19H15N3O5S. The van der Waals surface area contributed by atoms with Gasteiger partial charge in [-0.1, -0.05) is 6.07 Å². The molecule has 0 bridgehead atoms. The molecule has 0 unspecified atom stereocenters. The van der Waals surface area contributed by atoms with Crippen LogP contribution in [-0.4, -0.2) is 24.5 Å². The van der Waals surface area contributed by atoms with Gasteiger partial charge in [0.25, 0.3) is 5.91 Å². The van der Waals surface area contributed by atoms with Crippen LogP contribution in [0.2, 0.25) is 0 Å². The molecule has 0 aliphatic carbocycles. The van der Waals surface area contributed by atoms with Crippen LogP contribution >= 0.6 is 11.3 Å². The van der Waals surface area contributed by atoms with Crippen molar-refractivity contribution in [1.82, 2.24) is 4.98 Å². The summed E-state index contributed by atoms with van der Waals surface area (Å²) in [6, 6.07) is 11.0. The number of anilines is 2. The van der Waals surface area contributed by atoms with E-state index < -0.39 is 0 Å². The highest BCUT2D eigenvalue weighted by molar-refractivity contribution is 7.13. The molecule has 9 heteroatoms. The van der Waals surface area contributed by atoms with Crippen molar-refractivity contribution < 1.29 is 23.7 Å². The molecule has 0 saturated carbocycles. The Hall–Kier alpha value is -3.46. The lowest BCUT2D eigenvalue weighted by atomic mass is 10.2. The van der Waals surface area contributed by atoms with Gasteiger partial charge in [-0.25, -0.2) is 4.98 Å². The third-order valence-electron chi connectivity index (χ3n) is 4.25. The van der Waals surface area contributed by atoms with E-state index >= 15 is 0 Å². The minimum absolute atomic E-state index is 0.192. The number of rotatable bonds is 5. The Labute approximate surface area is 164 Å². The number of nitrogens with zero attached hydrogens (tertiary/aromatic N) is 1. The fourth-order valence-corrected chi connectivity index (χ4v) is 3.55. The van der Waals surface area contributed by atoms with Crippen LogP contribution in [0.5, 0.6) is 23.0 Å².